The first kappa shape index (κ1) is 30.7. The largest absolute Gasteiger partial charge is 0.497 e. The van der Waals surface area contributed by atoms with Gasteiger partial charge in [-0.2, -0.15) is 0 Å². The summed E-state index contributed by atoms with van der Waals surface area (Å²) in [5.41, 5.74) is 4.20. The molecule has 4 aromatic rings. The molecule has 5 rings (SSSR count). The first-order valence-electron chi connectivity index (χ1n) is 15.0. The molecule has 1 saturated heterocycles. The number of carbonyl (C=O) groups excluding carboxylic acids is 3. The number of amides is 2. The number of ketones is 1. The monoisotopic (exact) mass is 588 g/mol. The number of methoxy groups -OCH3 is 1. The van der Waals surface area contributed by atoms with E-state index in [4.69, 9.17) is 4.74 Å². The van der Waals surface area contributed by atoms with Crippen molar-refractivity contribution in [2.24, 2.45) is 5.92 Å². The number of ether oxygens (including phenoxy) is 1. The van der Waals surface area contributed by atoms with Gasteiger partial charge in [-0.3, -0.25) is 14.4 Å². The fourth-order valence-electron chi connectivity index (χ4n) is 6.34. The summed E-state index contributed by atoms with van der Waals surface area (Å²) in [6.07, 6.45) is 0. The molecule has 1 N–H and O–H groups in total. The predicted octanol–water partition coefficient (Wildman–Crippen LogP) is 6.86. The minimum Gasteiger partial charge on any atom is -0.497 e. The average Bonchev–Trinajstić information content (AvgIpc) is 3.40. The number of Topliss-reactive ketones (excluding diaryl/α,β-unsaturated/α-hetero) is 1. The van der Waals surface area contributed by atoms with Crippen LogP contribution in [-0.4, -0.2) is 35.6 Å². The van der Waals surface area contributed by atoms with Crippen LogP contribution in [-0.2, 0) is 21.5 Å². The highest BCUT2D eigenvalue weighted by molar-refractivity contribution is 6.01. The molecule has 226 valence electrons. The van der Waals surface area contributed by atoms with Crippen LogP contribution < -0.4 is 10.1 Å². The molecular weight excluding hydrogens is 548 g/mol. The fraction of sp³-hybridized carbons (Fsp3) is 0.289. The Kier molecular flexibility index (Phi) is 9.00. The van der Waals surface area contributed by atoms with Crippen molar-refractivity contribution in [2.45, 2.75) is 57.7 Å². The molecule has 0 spiro atoms. The maximum absolute atomic E-state index is 14.5. The van der Waals surface area contributed by atoms with Gasteiger partial charge in [0.05, 0.1) is 19.1 Å². The quantitative estimate of drug-likeness (QED) is 0.228. The second kappa shape index (κ2) is 12.9. The molecule has 4 unspecified atom stereocenters. The minimum absolute atomic E-state index is 0.0653. The molecule has 4 atom stereocenters. The van der Waals surface area contributed by atoms with Gasteiger partial charge < -0.3 is 15.0 Å². The van der Waals surface area contributed by atoms with Crippen LogP contribution in [0.25, 0.3) is 0 Å². The van der Waals surface area contributed by atoms with E-state index < -0.39 is 23.9 Å². The number of nitrogens with one attached hydrogen (secondary N) is 1. The standard InChI is InChI=1S/C38H40N2O4/c1-25(41)40-34(28-18-20-30(21-19-28)38(2,3)4)33(36(42)29-14-10-7-11-15-29)32(27-12-8-6-9-13-27)35(40)37(43)39-24-26-16-22-31(44-5)23-17-26/h6-23,32-35H,24H2,1-5H3,(H,39,43). The second-order valence-electron chi connectivity index (χ2n) is 12.4. The van der Waals surface area contributed by atoms with Crippen molar-refractivity contribution in [1.82, 2.24) is 10.2 Å². The normalized spacial score (nSPS) is 19.8. The Morgan fingerprint density at radius 1 is 0.773 bits per heavy atom. The number of carbonyl (C=O) groups is 3. The van der Waals surface area contributed by atoms with Gasteiger partial charge in [0, 0.05) is 24.9 Å². The number of likely N-dealkylation sites (tertiary alicyclic amines) is 1. The van der Waals surface area contributed by atoms with Crippen molar-refractivity contribution < 1.29 is 19.1 Å². The Morgan fingerprint density at radius 3 is 1.91 bits per heavy atom. The molecule has 44 heavy (non-hydrogen) atoms. The third-order valence-electron chi connectivity index (χ3n) is 8.59. The summed E-state index contributed by atoms with van der Waals surface area (Å²) >= 11 is 0. The predicted molar refractivity (Wildman–Crippen MR) is 172 cm³/mol. The zero-order chi connectivity index (χ0) is 31.4. The Bertz CT molecular complexity index is 1590. The fourth-order valence-corrected chi connectivity index (χ4v) is 6.34. The van der Waals surface area contributed by atoms with Gasteiger partial charge in [-0.25, -0.2) is 0 Å². The van der Waals surface area contributed by atoms with E-state index in [1.807, 2.05) is 84.9 Å². The molecule has 0 aromatic heterocycles. The Balaban J connectivity index is 1.63. The van der Waals surface area contributed by atoms with Gasteiger partial charge in [-0.15, -0.1) is 0 Å². The lowest BCUT2D eigenvalue weighted by atomic mass is 9.75. The molecule has 2 amide bonds. The Hall–Kier alpha value is -4.71. The zero-order valence-electron chi connectivity index (χ0n) is 26.0. The smallest absolute Gasteiger partial charge is 0.243 e. The van der Waals surface area contributed by atoms with Crippen LogP contribution in [0.1, 0.15) is 72.3 Å². The summed E-state index contributed by atoms with van der Waals surface area (Å²) in [5.74, 6) is -1.20. The van der Waals surface area contributed by atoms with Crippen LogP contribution in [0.3, 0.4) is 0 Å². The third-order valence-corrected chi connectivity index (χ3v) is 8.59. The van der Waals surface area contributed by atoms with E-state index in [2.05, 4.69) is 38.2 Å². The highest BCUT2D eigenvalue weighted by atomic mass is 16.5. The van der Waals surface area contributed by atoms with Gasteiger partial charge in [0.15, 0.2) is 5.78 Å². The topological polar surface area (TPSA) is 75.7 Å². The average molecular weight is 589 g/mol. The lowest BCUT2D eigenvalue weighted by Crippen LogP contribution is -2.47. The molecule has 4 aromatic carbocycles. The maximum Gasteiger partial charge on any atom is 0.243 e. The molecule has 0 saturated carbocycles. The lowest BCUT2D eigenvalue weighted by Gasteiger charge is -2.31. The van der Waals surface area contributed by atoms with Gasteiger partial charge in [-0.05, 0) is 39.8 Å². The minimum atomic E-state index is -0.905. The molecule has 6 heteroatoms. The Morgan fingerprint density at radius 2 is 1.36 bits per heavy atom. The molecule has 1 aliphatic heterocycles. The van der Waals surface area contributed by atoms with Crippen LogP contribution >= 0.6 is 0 Å². The molecule has 0 aliphatic carbocycles. The zero-order valence-corrected chi connectivity index (χ0v) is 26.0. The molecule has 0 bridgehead atoms. The highest BCUT2D eigenvalue weighted by Crippen LogP contribution is 2.51. The molecule has 1 fully saturated rings. The van der Waals surface area contributed by atoms with E-state index in [-0.39, 0.29) is 29.6 Å². The van der Waals surface area contributed by atoms with Crippen molar-refractivity contribution in [3.63, 3.8) is 0 Å². The van der Waals surface area contributed by atoms with E-state index >= 15 is 0 Å². The summed E-state index contributed by atoms with van der Waals surface area (Å²) in [5, 5.41) is 3.08. The number of nitrogens with zero attached hydrogens (tertiary/aromatic N) is 1. The highest BCUT2D eigenvalue weighted by Gasteiger charge is 2.56. The Labute approximate surface area is 260 Å². The summed E-state index contributed by atoms with van der Waals surface area (Å²) in [4.78, 5) is 44.1. The number of rotatable bonds is 8. The first-order chi connectivity index (χ1) is 21.1. The number of hydrogen-bond acceptors (Lipinski definition) is 4. The molecule has 1 heterocycles. The molecule has 6 nitrogen and oxygen atoms in total. The van der Waals surface area contributed by atoms with Gasteiger partial charge in [-0.1, -0.05) is 118 Å². The van der Waals surface area contributed by atoms with Gasteiger partial charge in [0.1, 0.15) is 11.8 Å². The van der Waals surface area contributed by atoms with E-state index in [1.165, 1.54) is 6.92 Å². The number of hydrogen-bond donors (Lipinski definition) is 1. The maximum atomic E-state index is 14.5. The van der Waals surface area contributed by atoms with E-state index in [1.54, 1.807) is 24.1 Å². The third kappa shape index (κ3) is 6.30. The van der Waals surface area contributed by atoms with Crippen molar-refractivity contribution in [2.75, 3.05) is 7.11 Å². The lowest BCUT2D eigenvalue weighted by molar-refractivity contribution is -0.139. The van der Waals surface area contributed by atoms with Crippen molar-refractivity contribution in [3.05, 3.63) is 137 Å². The SMILES string of the molecule is COc1ccc(CNC(=O)C2C(c3ccccc3)C(C(=O)c3ccccc3)C(c3ccc(C(C)(C)C)cc3)N2C(C)=O)cc1. The summed E-state index contributed by atoms with van der Waals surface area (Å²) in [7, 11) is 1.61. The number of benzene rings is 4. The van der Waals surface area contributed by atoms with Gasteiger partial charge in [0.25, 0.3) is 0 Å². The van der Waals surface area contributed by atoms with Crippen molar-refractivity contribution in [1.29, 1.82) is 0 Å². The van der Waals surface area contributed by atoms with Crippen molar-refractivity contribution in [3.8, 4) is 5.75 Å². The van der Waals surface area contributed by atoms with Crippen molar-refractivity contribution >= 4 is 17.6 Å². The molecule has 1 aliphatic rings. The summed E-state index contributed by atoms with van der Waals surface area (Å²) < 4.78 is 5.27. The van der Waals surface area contributed by atoms with E-state index in [9.17, 15) is 14.4 Å². The van der Waals surface area contributed by atoms with Crippen LogP contribution in [0.4, 0.5) is 0 Å². The second-order valence-corrected chi connectivity index (χ2v) is 12.4. The van der Waals surface area contributed by atoms with Crippen LogP contribution in [0.5, 0.6) is 5.75 Å². The molecular formula is C38H40N2O4. The van der Waals surface area contributed by atoms with Gasteiger partial charge >= 0.3 is 0 Å². The molecule has 0 radical (unpaired) electrons. The van der Waals surface area contributed by atoms with Crippen LogP contribution in [0, 0.1) is 5.92 Å². The van der Waals surface area contributed by atoms with Gasteiger partial charge in [0.2, 0.25) is 11.8 Å². The summed E-state index contributed by atoms with van der Waals surface area (Å²) in [6.45, 7) is 8.20. The summed E-state index contributed by atoms with van der Waals surface area (Å²) in [6, 6.07) is 32.9. The van der Waals surface area contributed by atoms with Crippen LogP contribution in [0.2, 0.25) is 0 Å². The van der Waals surface area contributed by atoms with Crippen LogP contribution in [0.15, 0.2) is 109 Å². The van der Waals surface area contributed by atoms with E-state index in [0.29, 0.717) is 5.56 Å². The van der Waals surface area contributed by atoms with E-state index in [0.717, 1.165) is 28.0 Å². The first-order valence-corrected chi connectivity index (χ1v) is 15.0.